The van der Waals surface area contributed by atoms with Crippen molar-refractivity contribution < 1.29 is 18.1 Å². The van der Waals surface area contributed by atoms with Gasteiger partial charge in [-0.1, -0.05) is 13.8 Å². The fraction of sp³-hybridized carbons (Fsp3) is 0.417. The average Bonchev–Trinajstić information content (AvgIpc) is 2.37. The van der Waals surface area contributed by atoms with Crippen LogP contribution in [0.25, 0.3) is 0 Å². The zero-order valence-corrected chi connectivity index (χ0v) is 13.0. The Bertz CT molecular complexity index is 628. The Morgan fingerprint density at radius 3 is 2.24 bits per heavy atom. The summed E-state index contributed by atoms with van der Waals surface area (Å²) in [6.45, 7) is 3.65. The minimum Gasteiger partial charge on any atom is -0.279 e. The third kappa shape index (κ3) is 5.07. The molecule has 0 saturated carbocycles. The first kappa shape index (κ1) is 17.5. The third-order valence-corrected chi connectivity index (χ3v) is 4.39. The summed E-state index contributed by atoms with van der Waals surface area (Å²) in [4.78, 5) is 21.0. The minimum absolute atomic E-state index is 0.0669. The van der Waals surface area contributed by atoms with E-state index >= 15 is 0 Å². The van der Waals surface area contributed by atoms with Crippen LogP contribution in [0.4, 0.5) is 5.69 Å². The number of nitro groups is 1. The second kappa shape index (κ2) is 6.97. The zero-order chi connectivity index (χ0) is 16.2. The molecule has 0 radical (unpaired) electrons. The lowest BCUT2D eigenvalue weighted by Crippen LogP contribution is -2.39. The summed E-state index contributed by atoms with van der Waals surface area (Å²) in [7, 11) is -3.97. The number of nitrogens with zero attached hydrogens (tertiary/aromatic N) is 1. The Morgan fingerprint density at radius 2 is 1.86 bits per heavy atom. The van der Waals surface area contributed by atoms with E-state index < -0.39 is 26.2 Å². The fourth-order valence-corrected chi connectivity index (χ4v) is 3.08. The van der Waals surface area contributed by atoms with Crippen LogP contribution in [0, 0.1) is 16.0 Å². The number of sulfonamides is 1. The minimum atomic E-state index is -3.97. The Kier molecular flexibility index (Phi) is 5.82. The number of non-ortho nitro benzene ring substituents is 1. The molecule has 0 aromatic heterocycles. The Labute approximate surface area is 127 Å². The molecule has 116 valence electrons. The van der Waals surface area contributed by atoms with Crippen LogP contribution < -0.4 is 4.72 Å². The van der Waals surface area contributed by atoms with Crippen molar-refractivity contribution in [2.75, 3.05) is 0 Å². The summed E-state index contributed by atoms with van der Waals surface area (Å²) in [6, 6.07) is 3.33. The van der Waals surface area contributed by atoms with Crippen LogP contribution >= 0.6 is 11.6 Å². The molecule has 0 unspecified atom stereocenters. The Hall–Kier alpha value is -1.51. The van der Waals surface area contributed by atoms with E-state index in [0.717, 1.165) is 24.3 Å². The molecule has 1 N–H and O–H groups in total. The van der Waals surface area contributed by atoms with E-state index in [4.69, 9.17) is 11.6 Å². The molecular weight excluding hydrogens is 320 g/mol. The van der Waals surface area contributed by atoms with Gasteiger partial charge in [-0.05, 0) is 36.1 Å². The largest absolute Gasteiger partial charge is 0.279 e. The Balaban J connectivity index is 2.98. The standard InChI is InChI=1S/C12H15ClN2O5S/c1-8(2)7-11(12(13)16)14-21(19,20)10-5-3-9(4-6-10)15(17)18/h3-6,8,11,14H,7H2,1-2H3/t11-/m0/s1. The van der Waals surface area contributed by atoms with E-state index in [0.29, 0.717) is 0 Å². The molecule has 0 fully saturated rings. The maximum absolute atomic E-state index is 12.1. The maximum Gasteiger partial charge on any atom is 0.269 e. The van der Waals surface area contributed by atoms with Crippen LogP contribution in [0.1, 0.15) is 20.3 Å². The van der Waals surface area contributed by atoms with Crippen LogP contribution in [-0.4, -0.2) is 24.6 Å². The molecule has 0 amide bonds. The van der Waals surface area contributed by atoms with Crippen molar-refractivity contribution >= 4 is 32.6 Å². The van der Waals surface area contributed by atoms with Crippen molar-refractivity contribution in [3.05, 3.63) is 34.4 Å². The smallest absolute Gasteiger partial charge is 0.269 e. The van der Waals surface area contributed by atoms with Gasteiger partial charge in [-0.2, -0.15) is 4.72 Å². The summed E-state index contributed by atoms with van der Waals surface area (Å²) in [5.74, 6) is 0.0669. The van der Waals surface area contributed by atoms with Crippen LogP contribution in [0.2, 0.25) is 0 Å². The van der Waals surface area contributed by atoms with Gasteiger partial charge in [0.25, 0.3) is 5.69 Å². The van der Waals surface area contributed by atoms with Crippen molar-refractivity contribution in [3.63, 3.8) is 0 Å². The molecule has 0 spiro atoms. The number of hydrogen-bond donors (Lipinski definition) is 1. The predicted octanol–water partition coefficient (Wildman–Crippen LogP) is 2.05. The number of carbonyl (C=O) groups is 1. The number of benzene rings is 1. The molecule has 0 aliphatic rings. The van der Waals surface area contributed by atoms with E-state index in [1.807, 2.05) is 13.8 Å². The second-order valence-electron chi connectivity index (χ2n) is 4.86. The topological polar surface area (TPSA) is 106 Å². The van der Waals surface area contributed by atoms with Crippen molar-refractivity contribution in [1.82, 2.24) is 4.72 Å². The van der Waals surface area contributed by atoms with Gasteiger partial charge < -0.3 is 0 Å². The first-order valence-electron chi connectivity index (χ1n) is 6.09. The van der Waals surface area contributed by atoms with E-state index in [-0.39, 0.29) is 22.9 Å². The molecule has 0 heterocycles. The van der Waals surface area contributed by atoms with Gasteiger partial charge in [0.05, 0.1) is 15.9 Å². The molecule has 1 rings (SSSR count). The van der Waals surface area contributed by atoms with Gasteiger partial charge in [0.1, 0.15) is 0 Å². The van der Waals surface area contributed by atoms with Gasteiger partial charge in [0.2, 0.25) is 15.3 Å². The van der Waals surface area contributed by atoms with Crippen LogP contribution in [0.15, 0.2) is 29.2 Å². The van der Waals surface area contributed by atoms with Crippen molar-refractivity contribution in [2.24, 2.45) is 5.92 Å². The van der Waals surface area contributed by atoms with Gasteiger partial charge in [-0.3, -0.25) is 14.9 Å². The molecule has 0 saturated heterocycles. The summed E-state index contributed by atoms with van der Waals surface area (Å²) in [6.07, 6.45) is 0.258. The molecular formula is C12H15ClN2O5S. The van der Waals surface area contributed by atoms with Crippen molar-refractivity contribution in [2.45, 2.75) is 31.2 Å². The molecule has 1 atom stereocenters. The molecule has 0 aliphatic heterocycles. The number of halogens is 1. The number of rotatable bonds is 7. The highest BCUT2D eigenvalue weighted by Crippen LogP contribution is 2.17. The number of nitrogens with one attached hydrogen (secondary N) is 1. The SMILES string of the molecule is CC(C)C[C@H](NS(=O)(=O)c1ccc([N+](=O)[O-])cc1)C(=O)Cl. The molecule has 1 aromatic rings. The summed E-state index contributed by atoms with van der Waals surface area (Å²) in [5, 5.41) is 9.73. The summed E-state index contributed by atoms with van der Waals surface area (Å²) >= 11 is 5.39. The van der Waals surface area contributed by atoms with E-state index in [1.54, 1.807) is 0 Å². The first-order valence-corrected chi connectivity index (χ1v) is 7.95. The van der Waals surface area contributed by atoms with Crippen LogP contribution in [0.3, 0.4) is 0 Å². The maximum atomic E-state index is 12.1. The van der Waals surface area contributed by atoms with Gasteiger partial charge in [-0.25, -0.2) is 8.42 Å². The van der Waals surface area contributed by atoms with E-state index in [9.17, 15) is 23.3 Å². The zero-order valence-electron chi connectivity index (χ0n) is 11.4. The third-order valence-electron chi connectivity index (χ3n) is 2.64. The van der Waals surface area contributed by atoms with E-state index in [1.165, 1.54) is 0 Å². The number of hydrogen-bond acceptors (Lipinski definition) is 5. The van der Waals surface area contributed by atoms with Crippen molar-refractivity contribution in [1.29, 1.82) is 0 Å². The first-order chi connectivity index (χ1) is 9.63. The highest BCUT2D eigenvalue weighted by molar-refractivity contribution is 7.89. The molecule has 0 aliphatic carbocycles. The highest BCUT2D eigenvalue weighted by Gasteiger charge is 2.25. The second-order valence-corrected chi connectivity index (χ2v) is 6.95. The predicted molar refractivity (Wildman–Crippen MR) is 77.5 cm³/mol. The Morgan fingerprint density at radius 1 is 1.33 bits per heavy atom. The molecule has 0 bridgehead atoms. The fourth-order valence-electron chi connectivity index (χ4n) is 1.66. The summed E-state index contributed by atoms with van der Waals surface area (Å²) in [5.41, 5.74) is -0.221. The van der Waals surface area contributed by atoms with Crippen LogP contribution in [-0.2, 0) is 14.8 Å². The number of carbonyl (C=O) groups excluding carboxylic acids is 1. The van der Waals surface area contributed by atoms with Gasteiger partial charge in [0, 0.05) is 12.1 Å². The molecule has 21 heavy (non-hydrogen) atoms. The van der Waals surface area contributed by atoms with Crippen LogP contribution in [0.5, 0.6) is 0 Å². The monoisotopic (exact) mass is 334 g/mol. The van der Waals surface area contributed by atoms with Crippen molar-refractivity contribution in [3.8, 4) is 0 Å². The normalized spacial score (nSPS) is 13.1. The number of nitro benzene ring substituents is 1. The lowest BCUT2D eigenvalue weighted by Gasteiger charge is -2.16. The molecule has 9 heteroatoms. The lowest BCUT2D eigenvalue weighted by atomic mass is 10.1. The van der Waals surface area contributed by atoms with Gasteiger partial charge in [0.15, 0.2) is 0 Å². The van der Waals surface area contributed by atoms with E-state index in [2.05, 4.69) is 4.72 Å². The average molecular weight is 335 g/mol. The summed E-state index contributed by atoms with van der Waals surface area (Å²) < 4.78 is 26.4. The van der Waals surface area contributed by atoms with Gasteiger partial charge >= 0.3 is 0 Å². The molecule has 7 nitrogen and oxygen atoms in total. The molecule has 1 aromatic carbocycles. The highest BCUT2D eigenvalue weighted by atomic mass is 35.5. The lowest BCUT2D eigenvalue weighted by molar-refractivity contribution is -0.384. The van der Waals surface area contributed by atoms with Gasteiger partial charge in [-0.15, -0.1) is 0 Å². The quantitative estimate of drug-likeness (QED) is 0.466.